The van der Waals surface area contributed by atoms with Gasteiger partial charge in [0.1, 0.15) is 0 Å². The zero-order valence-electron chi connectivity index (χ0n) is 7.42. The van der Waals surface area contributed by atoms with Gasteiger partial charge in [0.2, 0.25) is 10.0 Å². The van der Waals surface area contributed by atoms with E-state index in [0.29, 0.717) is 15.0 Å². The second kappa shape index (κ2) is 4.91. The number of rotatable bonds is 3. The Morgan fingerprint density at radius 2 is 2.14 bits per heavy atom. The van der Waals surface area contributed by atoms with E-state index in [9.17, 15) is 8.42 Å². The van der Waals surface area contributed by atoms with Gasteiger partial charge in [-0.2, -0.15) is 0 Å². The Balaban J connectivity index is 3.25. The summed E-state index contributed by atoms with van der Waals surface area (Å²) in [5.41, 5.74) is 0. The topological polar surface area (TPSA) is 46.2 Å². The first-order valence-corrected chi connectivity index (χ1v) is 7.27. The predicted octanol–water partition coefficient (Wildman–Crippen LogP) is 2.35. The number of nitrogens with one attached hydrogen (secondary N) is 1. The lowest BCUT2D eigenvalue weighted by Crippen LogP contribution is -2.23. The summed E-state index contributed by atoms with van der Waals surface area (Å²) in [6.07, 6.45) is 0. The van der Waals surface area contributed by atoms with E-state index in [-0.39, 0.29) is 0 Å². The van der Waals surface area contributed by atoms with Crippen LogP contribution in [0, 0.1) is 3.57 Å². The van der Waals surface area contributed by atoms with Crippen molar-refractivity contribution in [1.82, 2.24) is 4.72 Å². The van der Waals surface area contributed by atoms with Gasteiger partial charge in [-0.25, -0.2) is 13.1 Å². The van der Waals surface area contributed by atoms with E-state index in [1.54, 1.807) is 19.1 Å². The number of halogens is 2. The average molecular weight is 390 g/mol. The standard InChI is InChI=1S/C8H9BrINO2S/c1-2-11-14(12,13)8-5-6(9)3-4-7(8)10/h3-5,11H,2H2,1H3. The van der Waals surface area contributed by atoms with Crippen molar-refractivity contribution < 1.29 is 8.42 Å². The number of hydrogen-bond acceptors (Lipinski definition) is 2. The van der Waals surface area contributed by atoms with E-state index in [2.05, 4.69) is 20.7 Å². The van der Waals surface area contributed by atoms with Crippen LogP contribution in [0.1, 0.15) is 6.92 Å². The minimum Gasteiger partial charge on any atom is -0.211 e. The summed E-state index contributed by atoms with van der Waals surface area (Å²) in [5.74, 6) is 0. The van der Waals surface area contributed by atoms with Crippen molar-refractivity contribution in [2.45, 2.75) is 11.8 Å². The summed E-state index contributed by atoms with van der Waals surface area (Å²) in [4.78, 5) is 0.314. The van der Waals surface area contributed by atoms with E-state index in [0.717, 1.165) is 4.47 Å². The molecule has 78 valence electrons. The fraction of sp³-hybridized carbons (Fsp3) is 0.250. The molecular formula is C8H9BrINO2S. The Hall–Kier alpha value is 0.340. The van der Waals surface area contributed by atoms with Gasteiger partial charge in [0, 0.05) is 14.6 Å². The Kier molecular flexibility index (Phi) is 4.35. The summed E-state index contributed by atoms with van der Waals surface area (Å²) in [6, 6.07) is 5.17. The SMILES string of the molecule is CCNS(=O)(=O)c1cc(Br)ccc1I. The van der Waals surface area contributed by atoms with E-state index in [4.69, 9.17) is 0 Å². The van der Waals surface area contributed by atoms with Crippen LogP contribution >= 0.6 is 38.5 Å². The molecular weight excluding hydrogens is 381 g/mol. The fourth-order valence-electron chi connectivity index (χ4n) is 0.951. The Labute approximate surface area is 106 Å². The smallest absolute Gasteiger partial charge is 0.211 e. The molecule has 1 N–H and O–H groups in total. The first-order valence-electron chi connectivity index (χ1n) is 3.92. The van der Waals surface area contributed by atoms with Crippen molar-refractivity contribution in [1.29, 1.82) is 0 Å². The minimum atomic E-state index is -3.35. The molecule has 0 aliphatic rings. The minimum absolute atomic E-state index is 0.314. The highest BCUT2D eigenvalue weighted by atomic mass is 127. The molecule has 0 unspecified atom stereocenters. The van der Waals surface area contributed by atoms with Gasteiger partial charge >= 0.3 is 0 Å². The number of sulfonamides is 1. The van der Waals surface area contributed by atoms with Crippen LogP contribution in [-0.4, -0.2) is 15.0 Å². The van der Waals surface area contributed by atoms with Crippen LogP contribution < -0.4 is 4.72 Å². The van der Waals surface area contributed by atoms with Crippen LogP contribution in [0.5, 0.6) is 0 Å². The van der Waals surface area contributed by atoms with Gasteiger partial charge in [-0.3, -0.25) is 0 Å². The summed E-state index contributed by atoms with van der Waals surface area (Å²) >= 11 is 5.25. The van der Waals surface area contributed by atoms with Crippen LogP contribution in [0.25, 0.3) is 0 Å². The quantitative estimate of drug-likeness (QED) is 0.806. The molecule has 0 amide bonds. The highest BCUT2D eigenvalue weighted by Crippen LogP contribution is 2.22. The molecule has 0 aromatic heterocycles. The maximum absolute atomic E-state index is 11.7. The van der Waals surface area contributed by atoms with Crippen molar-refractivity contribution in [3.8, 4) is 0 Å². The van der Waals surface area contributed by atoms with Crippen LogP contribution in [0.4, 0.5) is 0 Å². The molecule has 0 radical (unpaired) electrons. The van der Waals surface area contributed by atoms with Gasteiger partial charge in [-0.1, -0.05) is 22.9 Å². The molecule has 0 aliphatic carbocycles. The monoisotopic (exact) mass is 389 g/mol. The van der Waals surface area contributed by atoms with E-state index < -0.39 is 10.0 Å². The lowest BCUT2D eigenvalue weighted by atomic mass is 10.4. The van der Waals surface area contributed by atoms with Crippen LogP contribution in [0.15, 0.2) is 27.6 Å². The lowest BCUT2D eigenvalue weighted by Gasteiger charge is -2.06. The third-order valence-corrected chi connectivity index (χ3v) is 4.90. The molecule has 0 aliphatic heterocycles. The van der Waals surface area contributed by atoms with Crippen molar-refractivity contribution >= 4 is 48.5 Å². The Morgan fingerprint density at radius 3 is 2.71 bits per heavy atom. The molecule has 1 rings (SSSR count). The highest BCUT2D eigenvalue weighted by molar-refractivity contribution is 14.1. The first-order chi connectivity index (χ1) is 6.47. The summed E-state index contributed by atoms with van der Waals surface area (Å²) < 4.78 is 27.3. The van der Waals surface area contributed by atoms with Gasteiger partial charge in [-0.15, -0.1) is 0 Å². The second-order valence-corrected chi connectivity index (χ2v) is 6.39. The molecule has 0 saturated carbocycles. The molecule has 0 spiro atoms. The molecule has 1 aromatic rings. The van der Waals surface area contributed by atoms with Gasteiger partial charge in [0.25, 0.3) is 0 Å². The summed E-state index contributed by atoms with van der Waals surface area (Å²) in [6.45, 7) is 2.15. The molecule has 14 heavy (non-hydrogen) atoms. The predicted molar refractivity (Wildman–Crippen MR) is 67.7 cm³/mol. The lowest BCUT2D eigenvalue weighted by molar-refractivity contribution is 0.583. The molecule has 0 fully saturated rings. The molecule has 3 nitrogen and oxygen atoms in total. The maximum Gasteiger partial charge on any atom is 0.241 e. The molecule has 0 heterocycles. The second-order valence-electron chi connectivity index (χ2n) is 2.58. The summed E-state index contributed by atoms with van der Waals surface area (Å²) in [7, 11) is -3.35. The zero-order valence-corrected chi connectivity index (χ0v) is 12.0. The third kappa shape index (κ3) is 2.91. The fourth-order valence-corrected chi connectivity index (χ4v) is 3.81. The average Bonchev–Trinajstić information content (AvgIpc) is 2.09. The molecule has 0 saturated heterocycles. The van der Waals surface area contributed by atoms with Crippen molar-refractivity contribution in [3.05, 3.63) is 26.2 Å². The Bertz CT molecular complexity index is 433. The van der Waals surface area contributed by atoms with E-state index >= 15 is 0 Å². The highest BCUT2D eigenvalue weighted by Gasteiger charge is 2.16. The zero-order chi connectivity index (χ0) is 10.8. The molecule has 6 heteroatoms. The van der Waals surface area contributed by atoms with E-state index in [1.165, 1.54) is 0 Å². The maximum atomic E-state index is 11.7. The van der Waals surface area contributed by atoms with Crippen LogP contribution in [0.2, 0.25) is 0 Å². The van der Waals surface area contributed by atoms with Gasteiger partial charge < -0.3 is 0 Å². The normalized spacial score (nSPS) is 11.6. The van der Waals surface area contributed by atoms with Gasteiger partial charge in [-0.05, 0) is 40.8 Å². The molecule has 1 aromatic carbocycles. The number of benzene rings is 1. The largest absolute Gasteiger partial charge is 0.241 e. The molecule has 0 bridgehead atoms. The van der Waals surface area contributed by atoms with Crippen LogP contribution in [0.3, 0.4) is 0 Å². The first kappa shape index (κ1) is 12.4. The molecule has 0 atom stereocenters. The van der Waals surface area contributed by atoms with E-state index in [1.807, 2.05) is 28.7 Å². The number of hydrogen-bond donors (Lipinski definition) is 1. The van der Waals surface area contributed by atoms with Crippen molar-refractivity contribution in [2.24, 2.45) is 0 Å². The third-order valence-electron chi connectivity index (χ3n) is 1.52. The Morgan fingerprint density at radius 1 is 1.50 bits per heavy atom. The van der Waals surface area contributed by atoms with Crippen molar-refractivity contribution in [2.75, 3.05) is 6.54 Å². The van der Waals surface area contributed by atoms with Gasteiger partial charge in [0.05, 0.1) is 4.90 Å². The summed E-state index contributed by atoms with van der Waals surface area (Å²) in [5, 5.41) is 0. The van der Waals surface area contributed by atoms with Crippen molar-refractivity contribution in [3.63, 3.8) is 0 Å². The van der Waals surface area contributed by atoms with Gasteiger partial charge in [0.15, 0.2) is 0 Å². The van der Waals surface area contributed by atoms with Crippen LogP contribution in [-0.2, 0) is 10.0 Å².